The van der Waals surface area contributed by atoms with Gasteiger partial charge in [0.25, 0.3) is 0 Å². The first-order chi connectivity index (χ1) is 15.8. The van der Waals surface area contributed by atoms with Crippen molar-refractivity contribution in [3.8, 4) is 17.2 Å². The quantitative estimate of drug-likeness (QED) is 0.390. The summed E-state index contributed by atoms with van der Waals surface area (Å²) in [5.74, 6) is -1.76. The fourth-order valence-corrected chi connectivity index (χ4v) is 4.45. The molecule has 0 bridgehead atoms. The number of phenols is 1. The molecule has 10 heteroatoms. The zero-order chi connectivity index (χ0) is 23.6. The van der Waals surface area contributed by atoms with Crippen molar-refractivity contribution in [2.75, 3.05) is 18.5 Å². The molecule has 172 valence electrons. The van der Waals surface area contributed by atoms with Crippen LogP contribution < -0.4 is 15.4 Å². The van der Waals surface area contributed by atoms with Crippen LogP contribution in [0.1, 0.15) is 34.8 Å². The Morgan fingerprint density at radius 3 is 2.85 bits per heavy atom. The number of anilines is 1. The molecule has 33 heavy (non-hydrogen) atoms. The summed E-state index contributed by atoms with van der Waals surface area (Å²) in [5, 5.41) is 27.9. The molecular formula is C23H22FN3O5S. The lowest BCUT2D eigenvalue weighted by molar-refractivity contribution is -0.117. The number of carbonyl (C=O) groups is 2. The third-order valence-electron chi connectivity index (χ3n) is 5.49. The second-order valence-electron chi connectivity index (χ2n) is 7.87. The summed E-state index contributed by atoms with van der Waals surface area (Å²) in [6.07, 6.45) is 2.38. The highest BCUT2D eigenvalue weighted by Gasteiger charge is 2.35. The van der Waals surface area contributed by atoms with Crippen LogP contribution in [0, 0.1) is 5.82 Å². The molecule has 0 saturated carbocycles. The fraction of sp³-hybridized carbons (Fsp3) is 0.261. The van der Waals surface area contributed by atoms with E-state index in [1.165, 1.54) is 23.5 Å². The van der Waals surface area contributed by atoms with E-state index in [1.807, 2.05) is 6.92 Å². The number of thiazole rings is 1. The number of hydrogen-bond donors (Lipinski definition) is 4. The average molecular weight is 472 g/mol. The van der Waals surface area contributed by atoms with E-state index >= 15 is 0 Å². The van der Waals surface area contributed by atoms with Crippen LogP contribution in [0.2, 0.25) is 0 Å². The Kier molecular flexibility index (Phi) is 6.41. The Morgan fingerprint density at radius 1 is 1.33 bits per heavy atom. The number of aromatic nitrogens is 1. The summed E-state index contributed by atoms with van der Waals surface area (Å²) >= 11 is 1.33. The van der Waals surface area contributed by atoms with Gasteiger partial charge in [0.1, 0.15) is 18.2 Å². The Balaban J connectivity index is 1.60. The zero-order valence-corrected chi connectivity index (χ0v) is 18.5. The molecule has 1 aliphatic rings. The lowest BCUT2D eigenvalue weighted by Crippen LogP contribution is -2.47. The van der Waals surface area contributed by atoms with Gasteiger partial charge in [-0.05, 0) is 48.7 Å². The van der Waals surface area contributed by atoms with Crippen LogP contribution in [-0.2, 0) is 16.8 Å². The van der Waals surface area contributed by atoms with Crippen molar-refractivity contribution in [3.05, 3.63) is 64.4 Å². The van der Waals surface area contributed by atoms with E-state index in [2.05, 4.69) is 15.6 Å². The van der Waals surface area contributed by atoms with Gasteiger partial charge in [-0.2, -0.15) is 0 Å². The summed E-state index contributed by atoms with van der Waals surface area (Å²) in [6.45, 7) is 1.71. The van der Waals surface area contributed by atoms with E-state index in [1.54, 1.807) is 23.7 Å². The third kappa shape index (κ3) is 4.87. The number of ether oxygens (including phenoxy) is 1. The van der Waals surface area contributed by atoms with E-state index in [0.29, 0.717) is 18.1 Å². The molecule has 0 fully saturated rings. The number of fused-ring (bicyclic) bond motifs is 1. The molecule has 1 aromatic heterocycles. The van der Waals surface area contributed by atoms with Crippen LogP contribution >= 0.6 is 11.3 Å². The molecule has 0 spiro atoms. The number of amides is 1. The summed E-state index contributed by atoms with van der Waals surface area (Å²) in [4.78, 5) is 28.3. The number of phenolic OH excluding ortho intramolecular Hbond substituents is 1. The predicted octanol–water partition coefficient (Wildman–Crippen LogP) is 3.34. The maximum absolute atomic E-state index is 14.3. The number of ketones is 1. The van der Waals surface area contributed by atoms with Gasteiger partial charge in [-0.25, -0.2) is 9.37 Å². The Labute approximate surface area is 193 Å². The summed E-state index contributed by atoms with van der Waals surface area (Å²) in [6, 6.07) is 6.83. The van der Waals surface area contributed by atoms with Gasteiger partial charge >= 0.3 is 0 Å². The monoisotopic (exact) mass is 471 g/mol. The van der Waals surface area contributed by atoms with Crippen LogP contribution in [0.25, 0.3) is 0 Å². The van der Waals surface area contributed by atoms with Gasteiger partial charge in [0.15, 0.2) is 22.4 Å². The molecule has 4 N–H and O–H groups in total. The number of rotatable bonds is 7. The second kappa shape index (κ2) is 9.26. The number of Topliss-reactive ketones (excluding diaryl/α,β-unsaturated/α-hetero) is 1. The highest BCUT2D eigenvalue weighted by Crippen LogP contribution is 2.40. The molecule has 4 rings (SSSR count). The van der Waals surface area contributed by atoms with Crippen LogP contribution in [0.15, 0.2) is 41.9 Å². The molecule has 8 nitrogen and oxygen atoms in total. The summed E-state index contributed by atoms with van der Waals surface area (Å²) in [7, 11) is 0. The van der Waals surface area contributed by atoms with Crippen molar-refractivity contribution in [3.63, 3.8) is 0 Å². The Bertz CT molecular complexity index is 1200. The minimum Gasteiger partial charge on any atom is -0.504 e. The van der Waals surface area contributed by atoms with Gasteiger partial charge in [0.05, 0.1) is 5.56 Å². The number of aliphatic hydroxyl groups is 1. The lowest BCUT2D eigenvalue weighted by atomic mass is 9.81. The van der Waals surface area contributed by atoms with Crippen molar-refractivity contribution < 1.29 is 28.9 Å². The number of hydrogen-bond acceptors (Lipinski definition) is 8. The number of nitrogens with one attached hydrogen (secondary N) is 2. The van der Waals surface area contributed by atoms with Gasteiger partial charge in [-0.3, -0.25) is 9.59 Å². The van der Waals surface area contributed by atoms with Crippen LogP contribution in [0.5, 0.6) is 17.2 Å². The minimum absolute atomic E-state index is 0.0734. The van der Waals surface area contributed by atoms with E-state index in [4.69, 9.17) is 9.84 Å². The van der Waals surface area contributed by atoms with Gasteiger partial charge in [-0.15, -0.1) is 11.3 Å². The molecule has 1 atom stereocenters. The third-order valence-corrected chi connectivity index (χ3v) is 6.18. The largest absolute Gasteiger partial charge is 0.504 e. The molecule has 3 aromatic rings. The average Bonchev–Trinajstić information content (AvgIpc) is 3.27. The maximum atomic E-state index is 14.3. The van der Waals surface area contributed by atoms with E-state index in [0.717, 1.165) is 17.2 Å². The molecule has 0 unspecified atom stereocenters. The van der Waals surface area contributed by atoms with Crippen LogP contribution in [0.4, 0.5) is 9.52 Å². The second-order valence-corrected chi connectivity index (χ2v) is 8.77. The number of aliphatic hydroxyl groups excluding tert-OH is 1. The van der Waals surface area contributed by atoms with Gasteiger partial charge in [-0.1, -0.05) is 0 Å². The molecule has 0 aliphatic carbocycles. The first-order valence-electron chi connectivity index (χ1n) is 10.2. The van der Waals surface area contributed by atoms with E-state index in [-0.39, 0.29) is 35.1 Å². The van der Waals surface area contributed by atoms with Gasteiger partial charge in [0, 0.05) is 36.1 Å². The highest BCUT2D eigenvalue weighted by atomic mass is 32.1. The molecular weight excluding hydrogens is 449 g/mol. The van der Waals surface area contributed by atoms with Crippen LogP contribution in [-0.4, -0.2) is 40.0 Å². The predicted molar refractivity (Wildman–Crippen MR) is 120 cm³/mol. The molecule has 0 radical (unpaired) electrons. The molecule has 0 saturated heterocycles. The number of halogens is 1. The van der Waals surface area contributed by atoms with E-state index in [9.17, 15) is 19.1 Å². The first kappa shape index (κ1) is 22.8. The topological polar surface area (TPSA) is 121 Å². The molecule has 1 aliphatic heterocycles. The smallest absolute Gasteiger partial charge is 0.228 e. The Morgan fingerprint density at radius 2 is 2.15 bits per heavy atom. The van der Waals surface area contributed by atoms with Crippen molar-refractivity contribution >= 4 is 28.2 Å². The van der Waals surface area contributed by atoms with Crippen molar-refractivity contribution in [1.82, 2.24) is 10.3 Å². The SMILES string of the molecule is C[C@]1(CC(=O)Nc2nccs2)NCCc2cc(O)c(Oc3ccc(C(=O)CO)c(F)c3)cc21. The van der Waals surface area contributed by atoms with Crippen LogP contribution in [0.3, 0.4) is 0 Å². The number of aromatic hydroxyl groups is 1. The molecule has 2 aromatic carbocycles. The highest BCUT2D eigenvalue weighted by molar-refractivity contribution is 7.13. The number of benzene rings is 2. The Hall–Kier alpha value is -3.34. The van der Waals surface area contributed by atoms with Crippen molar-refractivity contribution in [1.29, 1.82) is 0 Å². The van der Waals surface area contributed by atoms with E-state index < -0.39 is 23.7 Å². The van der Waals surface area contributed by atoms with Gasteiger partial charge < -0.3 is 25.6 Å². The fourth-order valence-electron chi connectivity index (χ4n) is 3.91. The minimum atomic E-state index is -0.839. The normalized spacial score (nSPS) is 17.3. The summed E-state index contributed by atoms with van der Waals surface area (Å²) in [5.41, 5.74) is 0.674. The number of carbonyl (C=O) groups excluding carboxylic acids is 2. The number of nitrogens with zero attached hydrogens (tertiary/aromatic N) is 1. The van der Waals surface area contributed by atoms with Crippen molar-refractivity contribution in [2.45, 2.75) is 25.3 Å². The standard InChI is InChI=1S/C23H22FN3O5S/c1-23(11-21(31)27-22-25-6-7-33-22)16-10-20(18(29)8-13(16)4-5-26-23)32-14-2-3-15(17(24)9-14)19(30)12-28/h2-3,6-10,26,28-29H,4-5,11-12H2,1H3,(H,25,27,31)/t23-/m1/s1. The lowest BCUT2D eigenvalue weighted by Gasteiger charge is -2.37. The molecule has 2 heterocycles. The first-order valence-corrected chi connectivity index (χ1v) is 11.1. The zero-order valence-electron chi connectivity index (χ0n) is 17.7. The van der Waals surface area contributed by atoms with Gasteiger partial charge in [0.2, 0.25) is 5.91 Å². The summed E-state index contributed by atoms with van der Waals surface area (Å²) < 4.78 is 20.0. The maximum Gasteiger partial charge on any atom is 0.228 e. The van der Waals surface area contributed by atoms with Crippen molar-refractivity contribution in [2.24, 2.45) is 0 Å². The molecule has 1 amide bonds.